The van der Waals surface area contributed by atoms with Crippen LogP contribution in [-0.2, 0) is 19.4 Å². The lowest BCUT2D eigenvalue weighted by molar-refractivity contribution is 0.282. The first-order valence-corrected chi connectivity index (χ1v) is 8.16. The number of aryl methyl sites for hydroxylation is 2. The second kappa shape index (κ2) is 5.98. The minimum absolute atomic E-state index is 0.0944. The van der Waals surface area contributed by atoms with Gasteiger partial charge in [-0.3, -0.25) is 0 Å². The van der Waals surface area contributed by atoms with Crippen LogP contribution in [0.1, 0.15) is 46.7 Å². The van der Waals surface area contributed by atoms with Crippen molar-refractivity contribution >= 4 is 17.0 Å². The number of aliphatic hydroxyl groups is 1. The van der Waals surface area contributed by atoms with Crippen LogP contribution >= 0.6 is 11.3 Å². The highest BCUT2D eigenvalue weighted by Gasteiger charge is 2.16. The first-order valence-electron chi connectivity index (χ1n) is 7.34. The van der Waals surface area contributed by atoms with Crippen LogP contribution in [-0.4, -0.2) is 5.11 Å². The van der Waals surface area contributed by atoms with E-state index in [4.69, 9.17) is 0 Å². The van der Waals surface area contributed by atoms with Crippen LogP contribution in [0, 0.1) is 0 Å². The molecule has 1 aliphatic rings. The molecule has 1 aromatic carbocycles. The van der Waals surface area contributed by atoms with Crippen LogP contribution in [0.25, 0.3) is 0 Å². The number of thiophene rings is 1. The zero-order valence-corrected chi connectivity index (χ0v) is 12.7. The highest BCUT2D eigenvalue weighted by molar-refractivity contribution is 7.12. The molecule has 1 atom stereocenters. The molecule has 106 valence electrons. The van der Waals surface area contributed by atoms with Gasteiger partial charge in [0.25, 0.3) is 0 Å². The molecule has 2 aromatic rings. The molecule has 1 aromatic heterocycles. The first kappa shape index (κ1) is 13.7. The summed E-state index contributed by atoms with van der Waals surface area (Å²) >= 11 is 1.96. The van der Waals surface area contributed by atoms with Gasteiger partial charge >= 0.3 is 0 Å². The lowest BCUT2D eigenvalue weighted by atomic mass is 9.99. The van der Waals surface area contributed by atoms with Crippen LogP contribution in [0.4, 0.5) is 5.69 Å². The minimum Gasteiger partial charge on any atom is -0.392 e. The Morgan fingerprint density at radius 1 is 1.25 bits per heavy atom. The van der Waals surface area contributed by atoms with Gasteiger partial charge < -0.3 is 10.4 Å². The number of nitrogens with one attached hydrogen (secondary N) is 1. The molecule has 0 aliphatic heterocycles. The molecule has 1 aliphatic carbocycles. The molecule has 0 saturated heterocycles. The summed E-state index contributed by atoms with van der Waals surface area (Å²) in [5.74, 6) is 0. The Morgan fingerprint density at radius 2 is 2.10 bits per heavy atom. The molecule has 0 amide bonds. The average Bonchev–Trinajstić information content (AvgIpc) is 2.91. The summed E-state index contributed by atoms with van der Waals surface area (Å²) in [6.45, 7) is 2.31. The number of benzene rings is 1. The van der Waals surface area contributed by atoms with Crippen molar-refractivity contribution in [2.24, 2.45) is 0 Å². The molecule has 20 heavy (non-hydrogen) atoms. The third-order valence-corrected chi connectivity index (χ3v) is 5.35. The van der Waals surface area contributed by atoms with Crippen LogP contribution in [0.5, 0.6) is 0 Å². The van der Waals surface area contributed by atoms with Gasteiger partial charge in [-0.15, -0.1) is 11.3 Å². The Kier molecular flexibility index (Phi) is 4.08. The Morgan fingerprint density at radius 3 is 2.90 bits per heavy atom. The Hall–Kier alpha value is -1.32. The predicted molar refractivity (Wildman–Crippen MR) is 85.4 cm³/mol. The van der Waals surface area contributed by atoms with Crippen molar-refractivity contribution in [1.82, 2.24) is 0 Å². The van der Waals surface area contributed by atoms with E-state index in [1.807, 2.05) is 29.5 Å². The van der Waals surface area contributed by atoms with Gasteiger partial charge in [-0.25, -0.2) is 0 Å². The van der Waals surface area contributed by atoms with Gasteiger partial charge in [-0.2, -0.15) is 0 Å². The summed E-state index contributed by atoms with van der Waals surface area (Å²) in [7, 11) is 0. The first-order chi connectivity index (χ1) is 9.76. The van der Waals surface area contributed by atoms with E-state index in [0.717, 1.165) is 11.3 Å². The minimum atomic E-state index is 0.0944. The van der Waals surface area contributed by atoms with E-state index in [-0.39, 0.29) is 6.61 Å². The Balaban J connectivity index is 1.75. The van der Waals surface area contributed by atoms with Crippen molar-refractivity contribution in [3.63, 3.8) is 0 Å². The third-order valence-electron chi connectivity index (χ3n) is 3.94. The number of anilines is 1. The number of rotatable bonds is 4. The largest absolute Gasteiger partial charge is 0.392 e. The smallest absolute Gasteiger partial charge is 0.0682 e. The lowest BCUT2D eigenvalue weighted by Crippen LogP contribution is -2.05. The van der Waals surface area contributed by atoms with Crippen molar-refractivity contribution < 1.29 is 5.11 Å². The summed E-state index contributed by atoms with van der Waals surface area (Å²) in [6.07, 6.45) is 5.18. The van der Waals surface area contributed by atoms with Crippen LogP contribution in [0.2, 0.25) is 0 Å². The fourth-order valence-corrected chi connectivity index (χ4v) is 4.07. The van der Waals surface area contributed by atoms with E-state index in [0.29, 0.717) is 6.04 Å². The van der Waals surface area contributed by atoms with Crippen molar-refractivity contribution in [3.05, 3.63) is 51.2 Å². The van der Waals surface area contributed by atoms with Crippen LogP contribution in [0.3, 0.4) is 0 Å². The second-order valence-electron chi connectivity index (χ2n) is 5.53. The summed E-state index contributed by atoms with van der Waals surface area (Å²) in [6, 6.07) is 10.7. The van der Waals surface area contributed by atoms with E-state index in [2.05, 4.69) is 24.4 Å². The molecule has 0 spiro atoms. The molecule has 0 saturated carbocycles. The van der Waals surface area contributed by atoms with E-state index in [1.54, 1.807) is 10.4 Å². The maximum absolute atomic E-state index is 9.20. The average molecular weight is 287 g/mol. The normalized spacial score (nSPS) is 15.7. The molecule has 3 heteroatoms. The summed E-state index contributed by atoms with van der Waals surface area (Å²) in [5, 5.41) is 12.7. The standard InChI is InChI=1S/C17H21NOS/c1-12(18-15-7-4-5-13(9-15)11-19)17-10-14-6-2-3-8-16(14)20-17/h4-5,7,9-10,12,18-19H,2-3,6,8,11H2,1H3. The van der Waals surface area contributed by atoms with E-state index in [9.17, 15) is 5.11 Å². The number of hydrogen-bond donors (Lipinski definition) is 2. The second-order valence-corrected chi connectivity index (χ2v) is 6.70. The van der Waals surface area contributed by atoms with Gasteiger partial charge in [0.05, 0.1) is 12.6 Å². The quantitative estimate of drug-likeness (QED) is 0.879. The predicted octanol–water partition coefficient (Wildman–Crippen LogP) is 4.29. The van der Waals surface area contributed by atoms with Crippen molar-refractivity contribution in [2.45, 2.75) is 45.3 Å². The monoisotopic (exact) mass is 287 g/mol. The lowest BCUT2D eigenvalue weighted by Gasteiger charge is -2.14. The van der Waals surface area contributed by atoms with Crippen LogP contribution < -0.4 is 5.32 Å². The van der Waals surface area contributed by atoms with Gasteiger partial charge in [0.15, 0.2) is 0 Å². The van der Waals surface area contributed by atoms with Gasteiger partial charge in [0.1, 0.15) is 0 Å². The zero-order chi connectivity index (χ0) is 13.9. The van der Waals surface area contributed by atoms with Crippen LogP contribution in [0.15, 0.2) is 30.3 Å². The van der Waals surface area contributed by atoms with Crippen molar-refractivity contribution in [1.29, 1.82) is 0 Å². The molecule has 0 radical (unpaired) electrons. The summed E-state index contributed by atoms with van der Waals surface area (Å²) < 4.78 is 0. The highest BCUT2D eigenvalue weighted by atomic mass is 32.1. The maximum Gasteiger partial charge on any atom is 0.0682 e. The molecule has 1 unspecified atom stereocenters. The maximum atomic E-state index is 9.20. The van der Waals surface area contributed by atoms with Crippen molar-refractivity contribution in [2.75, 3.05) is 5.32 Å². The fourth-order valence-electron chi connectivity index (χ4n) is 2.81. The number of aliphatic hydroxyl groups excluding tert-OH is 1. The summed E-state index contributed by atoms with van der Waals surface area (Å²) in [5.41, 5.74) is 3.59. The molecule has 2 N–H and O–H groups in total. The van der Waals surface area contributed by atoms with E-state index < -0.39 is 0 Å². The van der Waals surface area contributed by atoms with E-state index in [1.165, 1.54) is 30.6 Å². The third kappa shape index (κ3) is 2.89. The highest BCUT2D eigenvalue weighted by Crippen LogP contribution is 2.34. The van der Waals surface area contributed by atoms with Gasteiger partial charge in [0, 0.05) is 15.4 Å². The Bertz CT molecular complexity index is 567. The van der Waals surface area contributed by atoms with Gasteiger partial charge in [-0.1, -0.05) is 12.1 Å². The molecule has 0 fully saturated rings. The van der Waals surface area contributed by atoms with E-state index >= 15 is 0 Å². The zero-order valence-electron chi connectivity index (χ0n) is 11.9. The molecule has 1 heterocycles. The Labute approximate surface area is 124 Å². The molecule has 2 nitrogen and oxygen atoms in total. The summed E-state index contributed by atoms with van der Waals surface area (Å²) in [4.78, 5) is 3.01. The fraction of sp³-hybridized carbons (Fsp3) is 0.412. The molecule has 0 bridgehead atoms. The van der Waals surface area contributed by atoms with Gasteiger partial charge in [-0.05, 0) is 61.9 Å². The molecular formula is C17H21NOS. The van der Waals surface area contributed by atoms with Crippen molar-refractivity contribution in [3.8, 4) is 0 Å². The SMILES string of the molecule is CC(Nc1cccc(CO)c1)c1cc2c(s1)CCCC2. The molecular weight excluding hydrogens is 266 g/mol. The number of fused-ring (bicyclic) bond motifs is 1. The molecule has 3 rings (SSSR count). The van der Waals surface area contributed by atoms with Gasteiger partial charge in [0.2, 0.25) is 0 Å². The number of hydrogen-bond acceptors (Lipinski definition) is 3. The topological polar surface area (TPSA) is 32.3 Å².